The molecule has 0 heterocycles. The van der Waals surface area contributed by atoms with Crippen LogP contribution in [-0.4, -0.2) is 12.0 Å². The number of rotatable bonds is 4. The van der Waals surface area contributed by atoms with E-state index < -0.39 is 6.04 Å². The van der Waals surface area contributed by atoms with Crippen LogP contribution in [-0.2, 0) is 0 Å². The van der Waals surface area contributed by atoms with E-state index in [1.165, 1.54) is 0 Å². The first-order chi connectivity index (χ1) is 6.69. The first-order valence-electron chi connectivity index (χ1n) is 4.46. The van der Waals surface area contributed by atoms with Crippen molar-refractivity contribution >= 4 is 0 Å². The Labute approximate surface area is 82.7 Å². The summed E-state index contributed by atoms with van der Waals surface area (Å²) >= 11 is 0. The van der Waals surface area contributed by atoms with Gasteiger partial charge in [-0.2, -0.15) is 0 Å². The van der Waals surface area contributed by atoms with Gasteiger partial charge in [-0.3, -0.25) is 10.1 Å². The van der Waals surface area contributed by atoms with Gasteiger partial charge < -0.3 is 4.74 Å². The van der Waals surface area contributed by atoms with Gasteiger partial charge in [0, 0.05) is 16.9 Å². The topological polar surface area (TPSA) is 52.4 Å². The van der Waals surface area contributed by atoms with Gasteiger partial charge in [-0.1, -0.05) is 19.1 Å². The summed E-state index contributed by atoms with van der Waals surface area (Å²) < 4.78 is 5.01. The standard InChI is InChI=1S/C10H13NO3/c1-3-10(11(12)13)8-5-4-6-9(7-8)14-2/h4-7,10H,3H2,1-2H3. The van der Waals surface area contributed by atoms with E-state index in [2.05, 4.69) is 0 Å². The summed E-state index contributed by atoms with van der Waals surface area (Å²) in [6.45, 7) is 1.80. The molecule has 0 aliphatic carbocycles. The molecule has 0 saturated carbocycles. The third-order valence-corrected chi connectivity index (χ3v) is 2.12. The first kappa shape index (κ1) is 10.5. The monoisotopic (exact) mass is 195 g/mol. The van der Waals surface area contributed by atoms with Crippen molar-refractivity contribution in [1.82, 2.24) is 0 Å². The summed E-state index contributed by atoms with van der Waals surface area (Å²) in [6, 6.07) is 6.36. The molecular formula is C10H13NO3. The molecule has 0 amide bonds. The Bertz CT molecular complexity index is 325. The van der Waals surface area contributed by atoms with Crippen LogP contribution >= 0.6 is 0 Å². The molecule has 1 aromatic carbocycles. The molecule has 76 valence electrons. The average Bonchev–Trinajstić information content (AvgIpc) is 2.19. The van der Waals surface area contributed by atoms with E-state index in [1.54, 1.807) is 38.3 Å². The molecular weight excluding hydrogens is 182 g/mol. The summed E-state index contributed by atoms with van der Waals surface area (Å²) in [5.41, 5.74) is 0.692. The summed E-state index contributed by atoms with van der Waals surface area (Å²) in [4.78, 5) is 10.4. The van der Waals surface area contributed by atoms with Crippen molar-refractivity contribution in [2.75, 3.05) is 7.11 Å². The number of ether oxygens (including phenoxy) is 1. The maximum absolute atomic E-state index is 10.7. The van der Waals surface area contributed by atoms with Crippen LogP contribution in [0.15, 0.2) is 24.3 Å². The van der Waals surface area contributed by atoms with E-state index in [9.17, 15) is 10.1 Å². The van der Waals surface area contributed by atoms with Crippen molar-refractivity contribution in [2.45, 2.75) is 19.4 Å². The number of nitro groups is 1. The van der Waals surface area contributed by atoms with Gasteiger partial charge in [-0.15, -0.1) is 0 Å². The second kappa shape index (κ2) is 4.60. The molecule has 0 saturated heterocycles. The van der Waals surface area contributed by atoms with Crippen LogP contribution in [0.3, 0.4) is 0 Å². The Kier molecular flexibility index (Phi) is 3.45. The minimum absolute atomic E-state index is 0.269. The molecule has 0 bridgehead atoms. The maximum Gasteiger partial charge on any atom is 0.237 e. The zero-order valence-corrected chi connectivity index (χ0v) is 8.27. The Balaban J connectivity index is 2.98. The third kappa shape index (κ3) is 2.22. The van der Waals surface area contributed by atoms with Gasteiger partial charge in [0.15, 0.2) is 0 Å². The van der Waals surface area contributed by atoms with Crippen LogP contribution in [0.1, 0.15) is 24.9 Å². The predicted octanol–water partition coefficient (Wildman–Crippen LogP) is 2.42. The minimum atomic E-state index is -0.634. The van der Waals surface area contributed by atoms with Crippen LogP contribution in [0.4, 0.5) is 0 Å². The predicted molar refractivity (Wildman–Crippen MR) is 53.0 cm³/mol. The van der Waals surface area contributed by atoms with Gasteiger partial charge in [0.25, 0.3) is 0 Å². The van der Waals surface area contributed by atoms with Crippen molar-refractivity contribution in [1.29, 1.82) is 0 Å². The summed E-state index contributed by atoms with van der Waals surface area (Å²) in [7, 11) is 1.55. The molecule has 4 nitrogen and oxygen atoms in total. The molecule has 0 fully saturated rings. The lowest BCUT2D eigenvalue weighted by Crippen LogP contribution is -2.09. The van der Waals surface area contributed by atoms with Crippen molar-refractivity contribution in [2.24, 2.45) is 0 Å². The molecule has 1 atom stereocenters. The summed E-state index contributed by atoms with van der Waals surface area (Å²) in [6.07, 6.45) is 0.486. The molecule has 4 heteroatoms. The minimum Gasteiger partial charge on any atom is -0.497 e. The lowest BCUT2D eigenvalue weighted by Gasteiger charge is -2.08. The van der Waals surface area contributed by atoms with Gasteiger partial charge >= 0.3 is 0 Å². The summed E-state index contributed by atoms with van der Waals surface area (Å²) in [5, 5.41) is 10.7. The fourth-order valence-electron chi connectivity index (χ4n) is 1.36. The molecule has 0 radical (unpaired) electrons. The number of benzene rings is 1. The Morgan fingerprint density at radius 1 is 1.57 bits per heavy atom. The molecule has 0 aromatic heterocycles. The zero-order valence-electron chi connectivity index (χ0n) is 8.27. The highest BCUT2D eigenvalue weighted by molar-refractivity contribution is 5.29. The molecule has 0 aliphatic heterocycles. The van der Waals surface area contributed by atoms with Crippen LogP contribution < -0.4 is 4.74 Å². The third-order valence-electron chi connectivity index (χ3n) is 2.12. The highest BCUT2D eigenvalue weighted by atomic mass is 16.6. The molecule has 14 heavy (non-hydrogen) atoms. The van der Waals surface area contributed by atoms with Gasteiger partial charge in [0.1, 0.15) is 5.75 Å². The summed E-state index contributed by atoms with van der Waals surface area (Å²) in [5.74, 6) is 0.655. The fraction of sp³-hybridized carbons (Fsp3) is 0.400. The second-order valence-corrected chi connectivity index (χ2v) is 2.99. The molecule has 1 rings (SSSR count). The number of hydrogen-bond acceptors (Lipinski definition) is 3. The van der Waals surface area contributed by atoms with Gasteiger partial charge in [-0.05, 0) is 12.1 Å². The SMILES string of the molecule is CCC(c1cccc(OC)c1)[N+](=O)[O-]. The Hall–Kier alpha value is -1.58. The van der Waals surface area contributed by atoms with Gasteiger partial charge in [0.05, 0.1) is 7.11 Å². The molecule has 0 spiro atoms. The van der Waals surface area contributed by atoms with E-state index in [0.717, 1.165) is 0 Å². The fourth-order valence-corrected chi connectivity index (χ4v) is 1.36. The van der Waals surface area contributed by atoms with Crippen LogP contribution in [0.2, 0.25) is 0 Å². The normalized spacial score (nSPS) is 12.1. The molecule has 1 aromatic rings. The van der Waals surface area contributed by atoms with E-state index in [0.29, 0.717) is 17.7 Å². The van der Waals surface area contributed by atoms with E-state index in [1.807, 2.05) is 0 Å². The molecule has 0 N–H and O–H groups in total. The number of hydrogen-bond donors (Lipinski definition) is 0. The van der Waals surface area contributed by atoms with Crippen molar-refractivity contribution in [3.05, 3.63) is 39.9 Å². The van der Waals surface area contributed by atoms with E-state index in [4.69, 9.17) is 4.74 Å². The molecule has 0 aliphatic rings. The van der Waals surface area contributed by atoms with E-state index in [-0.39, 0.29) is 4.92 Å². The Morgan fingerprint density at radius 3 is 2.79 bits per heavy atom. The lowest BCUT2D eigenvalue weighted by molar-refractivity contribution is -0.529. The van der Waals surface area contributed by atoms with Crippen molar-refractivity contribution in [3.8, 4) is 5.75 Å². The van der Waals surface area contributed by atoms with Gasteiger partial charge in [0.2, 0.25) is 6.04 Å². The largest absolute Gasteiger partial charge is 0.497 e. The maximum atomic E-state index is 10.7. The quantitative estimate of drug-likeness (QED) is 0.547. The van der Waals surface area contributed by atoms with Crippen LogP contribution in [0.25, 0.3) is 0 Å². The first-order valence-corrected chi connectivity index (χ1v) is 4.46. The highest BCUT2D eigenvalue weighted by Gasteiger charge is 2.20. The Morgan fingerprint density at radius 2 is 2.29 bits per heavy atom. The van der Waals surface area contributed by atoms with Crippen molar-refractivity contribution < 1.29 is 9.66 Å². The van der Waals surface area contributed by atoms with E-state index >= 15 is 0 Å². The number of nitrogens with zero attached hydrogens (tertiary/aromatic N) is 1. The van der Waals surface area contributed by atoms with Crippen molar-refractivity contribution in [3.63, 3.8) is 0 Å². The molecule has 1 unspecified atom stereocenters. The smallest absolute Gasteiger partial charge is 0.237 e. The van der Waals surface area contributed by atoms with Crippen LogP contribution in [0.5, 0.6) is 5.75 Å². The number of methoxy groups -OCH3 is 1. The zero-order chi connectivity index (χ0) is 10.6. The van der Waals surface area contributed by atoms with Crippen LogP contribution in [0, 0.1) is 10.1 Å². The highest BCUT2D eigenvalue weighted by Crippen LogP contribution is 2.23. The van der Waals surface area contributed by atoms with Gasteiger partial charge in [-0.25, -0.2) is 0 Å². The average molecular weight is 195 g/mol. The lowest BCUT2D eigenvalue weighted by atomic mass is 10.1. The second-order valence-electron chi connectivity index (χ2n) is 2.99.